The van der Waals surface area contributed by atoms with Gasteiger partial charge in [-0.15, -0.1) is 0 Å². The van der Waals surface area contributed by atoms with E-state index < -0.39 is 0 Å². The van der Waals surface area contributed by atoms with Crippen molar-refractivity contribution in [3.05, 3.63) is 17.5 Å². The molecule has 86 valence electrons. The SMILES string of the molecule is CCC(C)NCCNCc1cc(C)on1. The van der Waals surface area contributed by atoms with Crippen LogP contribution >= 0.6 is 0 Å². The van der Waals surface area contributed by atoms with Crippen molar-refractivity contribution in [1.82, 2.24) is 15.8 Å². The van der Waals surface area contributed by atoms with Gasteiger partial charge in [-0.1, -0.05) is 12.1 Å². The van der Waals surface area contributed by atoms with E-state index in [1.807, 2.05) is 13.0 Å². The van der Waals surface area contributed by atoms with E-state index in [2.05, 4.69) is 29.6 Å². The molecule has 0 radical (unpaired) electrons. The minimum Gasteiger partial charge on any atom is -0.361 e. The fraction of sp³-hybridized carbons (Fsp3) is 0.727. The van der Waals surface area contributed by atoms with Crippen LogP contribution in [-0.2, 0) is 6.54 Å². The smallest absolute Gasteiger partial charge is 0.133 e. The highest BCUT2D eigenvalue weighted by Gasteiger charge is 1.99. The van der Waals surface area contributed by atoms with Gasteiger partial charge in [-0.05, 0) is 20.3 Å². The van der Waals surface area contributed by atoms with E-state index in [0.717, 1.165) is 31.1 Å². The number of aryl methyl sites for hydroxylation is 1. The molecule has 4 nitrogen and oxygen atoms in total. The van der Waals surface area contributed by atoms with Crippen molar-refractivity contribution in [1.29, 1.82) is 0 Å². The zero-order valence-corrected chi connectivity index (χ0v) is 9.84. The van der Waals surface area contributed by atoms with Crippen LogP contribution in [0, 0.1) is 6.92 Å². The molecule has 0 spiro atoms. The van der Waals surface area contributed by atoms with Crippen LogP contribution in [0.4, 0.5) is 0 Å². The van der Waals surface area contributed by atoms with E-state index in [4.69, 9.17) is 4.52 Å². The van der Waals surface area contributed by atoms with Crippen molar-refractivity contribution in [3.63, 3.8) is 0 Å². The van der Waals surface area contributed by atoms with E-state index in [0.29, 0.717) is 6.04 Å². The topological polar surface area (TPSA) is 50.1 Å². The largest absolute Gasteiger partial charge is 0.361 e. The van der Waals surface area contributed by atoms with Gasteiger partial charge < -0.3 is 15.2 Å². The van der Waals surface area contributed by atoms with Gasteiger partial charge in [-0.2, -0.15) is 0 Å². The first-order valence-corrected chi connectivity index (χ1v) is 5.58. The molecule has 0 fully saturated rings. The molecule has 0 aliphatic rings. The lowest BCUT2D eigenvalue weighted by atomic mass is 10.2. The predicted octanol–water partition coefficient (Wildman–Crippen LogP) is 1.46. The molecule has 0 amide bonds. The zero-order valence-electron chi connectivity index (χ0n) is 9.84. The summed E-state index contributed by atoms with van der Waals surface area (Å²) in [5, 5.41) is 10.6. The van der Waals surface area contributed by atoms with Crippen LogP contribution in [0.1, 0.15) is 31.7 Å². The quantitative estimate of drug-likeness (QED) is 0.670. The Hall–Kier alpha value is -0.870. The van der Waals surface area contributed by atoms with Crippen molar-refractivity contribution in [2.24, 2.45) is 0 Å². The number of nitrogens with zero attached hydrogens (tertiary/aromatic N) is 1. The highest BCUT2D eigenvalue weighted by atomic mass is 16.5. The Balaban J connectivity index is 2.02. The van der Waals surface area contributed by atoms with Crippen molar-refractivity contribution >= 4 is 0 Å². The van der Waals surface area contributed by atoms with Crippen molar-refractivity contribution in [2.75, 3.05) is 13.1 Å². The summed E-state index contributed by atoms with van der Waals surface area (Å²) in [6.07, 6.45) is 1.17. The van der Waals surface area contributed by atoms with E-state index >= 15 is 0 Å². The molecule has 1 rings (SSSR count). The first-order valence-electron chi connectivity index (χ1n) is 5.58. The Morgan fingerprint density at radius 3 is 2.87 bits per heavy atom. The Labute approximate surface area is 91.4 Å². The second-order valence-electron chi connectivity index (χ2n) is 3.87. The lowest BCUT2D eigenvalue weighted by molar-refractivity contribution is 0.388. The van der Waals surface area contributed by atoms with Crippen LogP contribution in [0.15, 0.2) is 10.6 Å². The van der Waals surface area contributed by atoms with Gasteiger partial charge in [-0.3, -0.25) is 0 Å². The van der Waals surface area contributed by atoms with Crippen molar-refractivity contribution in [2.45, 2.75) is 39.8 Å². The molecule has 2 N–H and O–H groups in total. The third-order valence-corrected chi connectivity index (χ3v) is 2.39. The summed E-state index contributed by atoms with van der Waals surface area (Å²) in [4.78, 5) is 0. The van der Waals surface area contributed by atoms with Crippen LogP contribution in [0.3, 0.4) is 0 Å². The average molecular weight is 211 g/mol. The molecule has 0 aromatic carbocycles. The van der Waals surface area contributed by atoms with Crippen LogP contribution in [0.5, 0.6) is 0 Å². The summed E-state index contributed by atoms with van der Waals surface area (Å²) in [7, 11) is 0. The minimum absolute atomic E-state index is 0.598. The van der Waals surface area contributed by atoms with Crippen LogP contribution < -0.4 is 10.6 Å². The number of hydrogen-bond acceptors (Lipinski definition) is 4. The minimum atomic E-state index is 0.598. The van der Waals surface area contributed by atoms with Gasteiger partial charge in [0.15, 0.2) is 0 Å². The van der Waals surface area contributed by atoms with Crippen LogP contribution in [-0.4, -0.2) is 24.3 Å². The fourth-order valence-corrected chi connectivity index (χ4v) is 1.27. The molecule has 1 aromatic rings. The normalized spacial score (nSPS) is 13.0. The lowest BCUT2D eigenvalue weighted by Crippen LogP contribution is -2.32. The maximum Gasteiger partial charge on any atom is 0.133 e. The molecule has 1 atom stereocenters. The van der Waals surface area contributed by atoms with Gasteiger partial charge in [0, 0.05) is 31.7 Å². The van der Waals surface area contributed by atoms with Gasteiger partial charge >= 0.3 is 0 Å². The molecule has 1 unspecified atom stereocenters. The molecule has 0 aliphatic carbocycles. The molecular weight excluding hydrogens is 190 g/mol. The summed E-state index contributed by atoms with van der Waals surface area (Å²) in [5.41, 5.74) is 0.969. The van der Waals surface area contributed by atoms with Crippen molar-refractivity contribution in [3.8, 4) is 0 Å². The summed E-state index contributed by atoms with van der Waals surface area (Å²) in [5.74, 6) is 0.865. The molecule has 1 aromatic heterocycles. The van der Waals surface area contributed by atoms with Gasteiger partial charge in [0.25, 0.3) is 0 Å². The standard InChI is InChI=1S/C11H21N3O/c1-4-9(2)13-6-5-12-8-11-7-10(3)15-14-11/h7,9,12-13H,4-6,8H2,1-3H3. The fourth-order valence-electron chi connectivity index (χ4n) is 1.27. The summed E-state index contributed by atoms with van der Waals surface area (Å²) in [6.45, 7) is 9.01. The predicted molar refractivity (Wildman–Crippen MR) is 60.7 cm³/mol. The second-order valence-corrected chi connectivity index (χ2v) is 3.87. The number of aromatic nitrogens is 1. The summed E-state index contributed by atoms with van der Waals surface area (Å²) < 4.78 is 4.97. The number of nitrogens with one attached hydrogen (secondary N) is 2. The van der Waals surface area contributed by atoms with Crippen molar-refractivity contribution < 1.29 is 4.52 Å². The third kappa shape index (κ3) is 4.95. The molecule has 0 saturated carbocycles. The number of rotatable bonds is 7. The Morgan fingerprint density at radius 2 is 2.27 bits per heavy atom. The maximum atomic E-state index is 4.97. The highest BCUT2D eigenvalue weighted by molar-refractivity contribution is 5.02. The summed E-state index contributed by atoms with van der Waals surface area (Å²) >= 11 is 0. The molecule has 4 heteroatoms. The molecule has 15 heavy (non-hydrogen) atoms. The maximum absolute atomic E-state index is 4.97. The Morgan fingerprint density at radius 1 is 1.47 bits per heavy atom. The first-order chi connectivity index (χ1) is 7.22. The molecular formula is C11H21N3O. The Kier molecular flexibility index (Phi) is 5.36. The van der Waals surface area contributed by atoms with Crippen LogP contribution in [0.2, 0.25) is 0 Å². The van der Waals surface area contributed by atoms with E-state index in [-0.39, 0.29) is 0 Å². The van der Waals surface area contributed by atoms with E-state index in [1.165, 1.54) is 6.42 Å². The first kappa shape index (κ1) is 12.2. The second kappa shape index (κ2) is 6.58. The third-order valence-electron chi connectivity index (χ3n) is 2.39. The van der Waals surface area contributed by atoms with Gasteiger partial charge in [-0.25, -0.2) is 0 Å². The Bertz CT molecular complexity index is 273. The highest BCUT2D eigenvalue weighted by Crippen LogP contribution is 1.99. The van der Waals surface area contributed by atoms with E-state index in [9.17, 15) is 0 Å². The zero-order chi connectivity index (χ0) is 11.1. The molecule has 0 saturated heterocycles. The summed E-state index contributed by atoms with van der Waals surface area (Å²) in [6, 6.07) is 2.55. The van der Waals surface area contributed by atoms with Gasteiger partial charge in [0.2, 0.25) is 0 Å². The molecule has 0 bridgehead atoms. The van der Waals surface area contributed by atoms with Gasteiger partial charge in [0.05, 0.1) is 5.69 Å². The van der Waals surface area contributed by atoms with E-state index in [1.54, 1.807) is 0 Å². The molecule has 0 aliphatic heterocycles. The monoisotopic (exact) mass is 211 g/mol. The van der Waals surface area contributed by atoms with Crippen LogP contribution in [0.25, 0.3) is 0 Å². The average Bonchev–Trinajstić information content (AvgIpc) is 2.63. The molecule has 1 heterocycles. The lowest BCUT2D eigenvalue weighted by Gasteiger charge is -2.10. The van der Waals surface area contributed by atoms with Gasteiger partial charge in [0.1, 0.15) is 5.76 Å². The number of hydrogen-bond donors (Lipinski definition) is 2.